The van der Waals surface area contributed by atoms with E-state index in [1.165, 1.54) is 7.05 Å². The zero-order valence-corrected chi connectivity index (χ0v) is 13.2. The van der Waals surface area contributed by atoms with Crippen molar-refractivity contribution in [3.8, 4) is 0 Å². The number of benzene rings is 1. The van der Waals surface area contributed by atoms with Crippen LogP contribution in [-0.2, 0) is 15.9 Å². The number of alkyl halides is 1. The first-order valence-corrected chi connectivity index (χ1v) is 8.29. The Kier molecular flexibility index (Phi) is 5.91. The third-order valence-electron chi connectivity index (χ3n) is 3.40. The Bertz CT molecular complexity index is 574. The van der Waals surface area contributed by atoms with Crippen LogP contribution >= 0.6 is 11.6 Å². The van der Waals surface area contributed by atoms with Crippen molar-refractivity contribution in [3.05, 3.63) is 29.3 Å². The molecular formula is C13H18ClF2NO2S. The van der Waals surface area contributed by atoms with E-state index in [9.17, 15) is 17.2 Å². The van der Waals surface area contributed by atoms with Crippen molar-refractivity contribution in [1.82, 2.24) is 4.31 Å². The molecule has 3 nitrogen and oxygen atoms in total. The lowest BCUT2D eigenvalue weighted by Gasteiger charge is -2.26. The minimum atomic E-state index is -4.01. The minimum Gasteiger partial charge on any atom is -0.207 e. The summed E-state index contributed by atoms with van der Waals surface area (Å²) in [6.07, 6.45) is 1.22. The first-order chi connectivity index (χ1) is 9.31. The van der Waals surface area contributed by atoms with Crippen molar-refractivity contribution in [2.24, 2.45) is 0 Å². The number of rotatable bonds is 6. The van der Waals surface area contributed by atoms with Crippen LogP contribution in [0.3, 0.4) is 0 Å². The van der Waals surface area contributed by atoms with Gasteiger partial charge in [-0.1, -0.05) is 13.8 Å². The quantitative estimate of drug-likeness (QED) is 0.751. The van der Waals surface area contributed by atoms with E-state index in [2.05, 4.69) is 0 Å². The summed E-state index contributed by atoms with van der Waals surface area (Å²) in [7, 11) is -2.61. The number of halogens is 3. The van der Waals surface area contributed by atoms with Gasteiger partial charge in [0, 0.05) is 18.7 Å². The molecule has 0 aliphatic carbocycles. The van der Waals surface area contributed by atoms with E-state index in [4.69, 9.17) is 11.6 Å². The van der Waals surface area contributed by atoms with Gasteiger partial charge in [0.1, 0.15) is 10.7 Å². The molecule has 0 amide bonds. The maximum Gasteiger partial charge on any atom is 0.245 e. The van der Waals surface area contributed by atoms with Crippen molar-refractivity contribution in [2.75, 3.05) is 7.05 Å². The van der Waals surface area contributed by atoms with Gasteiger partial charge in [0.25, 0.3) is 0 Å². The SMILES string of the molecule is CCC(CC)N(C)S(=O)(=O)c1ccc(F)c(CCl)c1F. The summed E-state index contributed by atoms with van der Waals surface area (Å²) in [5.74, 6) is -2.38. The van der Waals surface area contributed by atoms with Gasteiger partial charge in [0.15, 0.2) is 5.82 Å². The molecule has 0 atom stereocenters. The molecule has 114 valence electrons. The average molecular weight is 326 g/mol. The van der Waals surface area contributed by atoms with Gasteiger partial charge in [0.05, 0.1) is 5.88 Å². The summed E-state index contributed by atoms with van der Waals surface area (Å²) in [6, 6.07) is 1.63. The molecule has 0 heterocycles. The Morgan fingerprint density at radius 3 is 2.25 bits per heavy atom. The van der Waals surface area contributed by atoms with Crippen LogP contribution in [0.1, 0.15) is 32.3 Å². The predicted molar refractivity (Wildman–Crippen MR) is 75.2 cm³/mol. The summed E-state index contributed by atoms with van der Waals surface area (Å²) in [4.78, 5) is -0.538. The lowest BCUT2D eigenvalue weighted by atomic mass is 10.2. The molecule has 0 aliphatic rings. The van der Waals surface area contributed by atoms with Gasteiger partial charge < -0.3 is 0 Å². The molecule has 1 rings (SSSR count). The number of nitrogens with zero attached hydrogens (tertiary/aromatic N) is 1. The molecule has 0 saturated heterocycles. The van der Waals surface area contributed by atoms with Crippen LogP contribution in [0.25, 0.3) is 0 Å². The van der Waals surface area contributed by atoms with Crippen molar-refractivity contribution >= 4 is 21.6 Å². The van der Waals surface area contributed by atoms with Crippen molar-refractivity contribution < 1.29 is 17.2 Å². The highest BCUT2D eigenvalue weighted by Gasteiger charge is 2.30. The van der Waals surface area contributed by atoms with Gasteiger partial charge in [-0.2, -0.15) is 4.31 Å². The van der Waals surface area contributed by atoms with E-state index < -0.39 is 38.0 Å². The van der Waals surface area contributed by atoms with Crippen LogP contribution in [0.2, 0.25) is 0 Å². The molecule has 7 heteroatoms. The third kappa shape index (κ3) is 3.13. The Morgan fingerprint density at radius 2 is 1.80 bits per heavy atom. The summed E-state index contributed by atoms with van der Waals surface area (Å²) in [5.41, 5.74) is -0.425. The monoisotopic (exact) mass is 325 g/mol. The van der Waals surface area contributed by atoms with Crippen LogP contribution in [-0.4, -0.2) is 25.8 Å². The zero-order chi connectivity index (χ0) is 15.5. The summed E-state index contributed by atoms with van der Waals surface area (Å²) in [6.45, 7) is 3.71. The fraction of sp³-hybridized carbons (Fsp3) is 0.538. The third-order valence-corrected chi connectivity index (χ3v) is 5.59. The summed E-state index contributed by atoms with van der Waals surface area (Å²) in [5, 5.41) is 0. The van der Waals surface area contributed by atoms with E-state index in [-0.39, 0.29) is 6.04 Å². The smallest absolute Gasteiger partial charge is 0.207 e. The molecule has 1 aromatic rings. The highest BCUT2D eigenvalue weighted by Crippen LogP contribution is 2.26. The van der Waals surface area contributed by atoms with Crippen molar-refractivity contribution in [2.45, 2.75) is 43.5 Å². The van der Waals surface area contributed by atoms with E-state index in [0.717, 1.165) is 16.4 Å². The van der Waals surface area contributed by atoms with E-state index in [1.54, 1.807) is 0 Å². The fourth-order valence-electron chi connectivity index (χ4n) is 2.05. The maximum absolute atomic E-state index is 14.1. The molecule has 0 spiro atoms. The summed E-state index contributed by atoms with van der Waals surface area (Å²) >= 11 is 5.47. The van der Waals surface area contributed by atoms with Gasteiger partial charge >= 0.3 is 0 Å². The van der Waals surface area contributed by atoms with E-state index >= 15 is 0 Å². The number of hydrogen-bond acceptors (Lipinski definition) is 2. The Morgan fingerprint density at radius 1 is 1.25 bits per heavy atom. The Balaban J connectivity index is 3.36. The van der Waals surface area contributed by atoms with Crippen molar-refractivity contribution in [1.29, 1.82) is 0 Å². The molecule has 0 aliphatic heterocycles. The fourth-order valence-corrected chi connectivity index (χ4v) is 3.89. The molecule has 1 aromatic carbocycles. The number of hydrogen-bond donors (Lipinski definition) is 0. The molecule has 0 bridgehead atoms. The first kappa shape index (κ1) is 17.3. The second-order valence-electron chi connectivity index (χ2n) is 4.46. The highest BCUT2D eigenvalue weighted by molar-refractivity contribution is 7.89. The predicted octanol–water partition coefficient (Wildman–Crippen LogP) is 3.51. The minimum absolute atomic E-state index is 0.232. The number of sulfonamides is 1. The molecule has 20 heavy (non-hydrogen) atoms. The Labute approximate surface area is 123 Å². The van der Waals surface area contributed by atoms with Gasteiger partial charge in [-0.15, -0.1) is 11.6 Å². The lowest BCUT2D eigenvalue weighted by molar-refractivity contribution is 0.347. The molecule has 0 aromatic heterocycles. The summed E-state index contributed by atoms with van der Waals surface area (Å²) < 4.78 is 53.5. The second kappa shape index (κ2) is 6.83. The normalized spacial score (nSPS) is 12.4. The van der Waals surface area contributed by atoms with Crippen LogP contribution in [0.5, 0.6) is 0 Å². The molecule has 0 N–H and O–H groups in total. The molecule has 0 saturated carbocycles. The van der Waals surface area contributed by atoms with Gasteiger partial charge in [0.2, 0.25) is 10.0 Å². The molecule has 0 unspecified atom stereocenters. The van der Waals surface area contributed by atoms with Crippen LogP contribution in [0.15, 0.2) is 17.0 Å². The van der Waals surface area contributed by atoms with E-state index in [1.807, 2.05) is 13.8 Å². The van der Waals surface area contributed by atoms with Crippen LogP contribution in [0, 0.1) is 11.6 Å². The van der Waals surface area contributed by atoms with E-state index in [0.29, 0.717) is 12.8 Å². The highest BCUT2D eigenvalue weighted by atomic mass is 35.5. The molecular weight excluding hydrogens is 308 g/mol. The first-order valence-electron chi connectivity index (χ1n) is 6.32. The zero-order valence-electron chi connectivity index (χ0n) is 11.7. The van der Waals surface area contributed by atoms with Crippen molar-refractivity contribution in [3.63, 3.8) is 0 Å². The lowest BCUT2D eigenvalue weighted by Crippen LogP contribution is -2.36. The van der Waals surface area contributed by atoms with Crippen LogP contribution in [0.4, 0.5) is 8.78 Å². The van der Waals surface area contributed by atoms with Crippen LogP contribution < -0.4 is 0 Å². The standard InChI is InChI=1S/C13H18ClF2NO2S/c1-4-9(5-2)17(3)20(18,19)12-7-6-11(15)10(8-14)13(12)16/h6-7,9H,4-5,8H2,1-3H3. The van der Waals surface area contributed by atoms with Gasteiger partial charge in [-0.05, 0) is 25.0 Å². The van der Waals surface area contributed by atoms with Gasteiger partial charge in [-0.3, -0.25) is 0 Å². The largest absolute Gasteiger partial charge is 0.245 e. The Hall–Kier alpha value is -0.720. The molecule has 0 fully saturated rings. The second-order valence-corrected chi connectivity index (χ2v) is 6.70. The maximum atomic E-state index is 14.1. The van der Waals surface area contributed by atoms with Gasteiger partial charge in [-0.25, -0.2) is 17.2 Å². The topological polar surface area (TPSA) is 37.4 Å². The average Bonchev–Trinajstić information content (AvgIpc) is 2.40. The molecule has 0 radical (unpaired) electrons.